The second kappa shape index (κ2) is 5.25. The first-order valence-electron chi connectivity index (χ1n) is 7.44. The van der Waals surface area contributed by atoms with Gasteiger partial charge < -0.3 is 5.73 Å². The molecule has 3 N–H and O–H groups in total. The van der Waals surface area contributed by atoms with E-state index in [2.05, 4.69) is 4.72 Å². The summed E-state index contributed by atoms with van der Waals surface area (Å²) in [6.07, 6.45) is 4.85. The van der Waals surface area contributed by atoms with Crippen LogP contribution in [0.15, 0.2) is 23.1 Å². The van der Waals surface area contributed by atoms with Crippen LogP contribution in [0.5, 0.6) is 0 Å². The van der Waals surface area contributed by atoms with Crippen LogP contribution in [-0.2, 0) is 10.0 Å². The molecule has 6 heteroatoms. The summed E-state index contributed by atoms with van der Waals surface area (Å²) in [5, 5.41) is 0. The molecular formula is C15H21FN2O2S. The van der Waals surface area contributed by atoms with Crippen LogP contribution in [-0.4, -0.2) is 14.5 Å². The molecule has 116 valence electrons. The first-order valence-corrected chi connectivity index (χ1v) is 8.92. The van der Waals surface area contributed by atoms with Gasteiger partial charge in [-0.05, 0) is 62.1 Å². The van der Waals surface area contributed by atoms with Crippen LogP contribution in [0.2, 0.25) is 0 Å². The molecule has 0 amide bonds. The van der Waals surface area contributed by atoms with Gasteiger partial charge in [-0.25, -0.2) is 17.5 Å². The average molecular weight is 312 g/mol. The lowest BCUT2D eigenvalue weighted by Crippen LogP contribution is -2.40. The molecular weight excluding hydrogens is 291 g/mol. The third kappa shape index (κ3) is 2.79. The number of hydrogen-bond acceptors (Lipinski definition) is 3. The van der Waals surface area contributed by atoms with Crippen molar-refractivity contribution in [1.29, 1.82) is 0 Å². The first kappa shape index (κ1) is 14.8. The van der Waals surface area contributed by atoms with Gasteiger partial charge in [-0.2, -0.15) is 0 Å². The second-order valence-electron chi connectivity index (χ2n) is 6.43. The molecule has 0 aromatic heterocycles. The molecule has 2 bridgehead atoms. The fourth-order valence-corrected chi connectivity index (χ4v) is 5.33. The zero-order valence-corrected chi connectivity index (χ0v) is 12.9. The number of nitrogens with one attached hydrogen (secondary N) is 1. The fourth-order valence-electron chi connectivity index (χ4n) is 4.00. The SMILES string of the molecule is CC(NS(=O)(=O)c1ccc(F)c(N)c1)C1CC2CCC1C2. The fraction of sp³-hybridized carbons (Fsp3) is 0.600. The lowest BCUT2D eigenvalue weighted by molar-refractivity contribution is 0.280. The quantitative estimate of drug-likeness (QED) is 0.839. The average Bonchev–Trinajstić information content (AvgIpc) is 3.03. The van der Waals surface area contributed by atoms with Crippen molar-refractivity contribution in [3.8, 4) is 0 Å². The molecule has 2 aliphatic carbocycles. The molecule has 2 aliphatic rings. The standard InChI is InChI=1S/C15H21FN2O2S/c1-9(13-7-10-2-3-11(13)6-10)18-21(19,20)12-4-5-14(16)15(17)8-12/h4-5,8-11,13,18H,2-3,6-7,17H2,1H3. The highest BCUT2D eigenvalue weighted by Crippen LogP contribution is 2.49. The number of sulfonamides is 1. The molecule has 2 saturated carbocycles. The summed E-state index contributed by atoms with van der Waals surface area (Å²) in [4.78, 5) is 0.0245. The van der Waals surface area contributed by atoms with Crippen LogP contribution in [0.3, 0.4) is 0 Å². The van der Waals surface area contributed by atoms with Crippen molar-refractivity contribution >= 4 is 15.7 Å². The number of nitrogen functional groups attached to an aromatic ring is 1. The molecule has 1 aromatic carbocycles. The number of anilines is 1. The lowest BCUT2D eigenvalue weighted by atomic mass is 9.84. The summed E-state index contributed by atoms with van der Waals surface area (Å²) in [7, 11) is -3.65. The van der Waals surface area contributed by atoms with Gasteiger partial charge in [-0.1, -0.05) is 6.42 Å². The Bertz CT molecular complexity index is 647. The van der Waals surface area contributed by atoms with Gasteiger partial charge >= 0.3 is 0 Å². The molecule has 0 heterocycles. The molecule has 21 heavy (non-hydrogen) atoms. The normalized spacial score (nSPS) is 29.7. The third-order valence-electron chi connectivity index (χ3n) is 5.05. The van der Waals surface area contributed by atoms with Crippen LogP contribution in [0.1, 0.15) is 32.6 Å². The molecule has 2 fully saturated rings. The Labute approximate surface area is 125 Å². The number of halogens is 1. The van der Waals surface area contributed by atoms with Crippen molar-refractivity contribution in [2.75, 3.05) is 5.73 Å². The Hall–Kier alpha value is -1.14. The van der Waals surface area contributed by atoms with Crippen molar-refractivity contribution in [1.82, 2.24) is 4.72 Å². The maximum Gasteiger partial charge on any atom is 0.240 e. The van der Waals surface area contributed by atoms with E-state index in [1.807, 2.05) is 6.92 Å². The van der Waals surface area contributed by atoms with Crippen molar-refractivity contribution < 1.29 is 12.8 Å². The largest absolute Gasteiger partial charge is 0.396 e. The molecule has 0 saturated heterocycles. The molecule has 0 radical (unpaired) electrons. The van der Waals surface area contributed by atoms with Gasteiger partial charge in [0.15, 0.2) is 0 Å². The van der Waals surface area contributed by atoms with Crippen molar-refractivity contribution in [2.45, 2.75) is 43.5 Å². The highest BCUT2D eigenvalue weighted by molar-refractivity contribution is 7.89. The Kier molecular flexibility index (Phi) is 3.69. The highest BCUT2D eigenvalue weighted by atomic mass is 32.2. The Morgan fingerprint density at radius 2 is 2.10 bits per heavy atom. The molecule has 3 rings (SSSR count). The summed E-state index contributed by atoms with van der Waals surface area (Å²) < 4.78 is 40.7. The predicted molar refractivity (Wildman–Crippen MR) is 79.5 cm³/mol. The van der Waals surface area contributed by atoms with Crippen LogP contribution in [0, 0.1) is 23.6 Å². The van der Waals surface area contributed by atoms with E-state index < -0.39 is 15.8 Å². The van der Waals surface area contributed by atoms with E-state index in [0.29, 0.717) is 11.8 Å². The van der Waals surface area contributed by atoms with Gasteiger partial charge in [0.05, 0.1) is 10.6 Å². The molecule has 4 nitrogen and oxygen atoms in total. The minimum Gasteiger partial charge on any atom is -0.396 e. The van der Waals surface area contributed by atoms with Crippen molar-refractivity contribution in [3.63, 3.8) is 0 Å². The minimum absolute atomic E-state index is 0.0245. The Morgan fingerprint density at radius 1 is 1.33 bits per heavy atom. The maximum atomic E-state index is 13.2. The molecule has 4 atom stereocenters. The number of hydrogen-bond donors (Lipinski definition) is 2. The summed E-state index contributed by atoms with van der Waals surface area (Å²) in [6, 6.07) is 3.41. The number of rotatable bonds is 4. The molecule has 0 aliphatic heterocycles. The van der Waals surface area contributed by atoms with Crippen molar-refractivity contribution in [3.05, 3.63) is 24.0 Å². The Balaban J connectivity index is 1.75. The van der Waals surface area contributed by atoms with E-state index in [0.717, 1.165) is 18.4 Å². The van der Waals surface area contributed by atoms with Crippen molar-refractivity contribution in [2.24, 2.45) is 17.8 Å². The van der Waals surface area contributed by atoms with Gasteiger partial charge in [0.25, 0.3) is 0 Å². The van der Waals surface area contributed by atoms with Gasteiger partial charge in [0.1, 0.15) is 5.82 Å². The van der Waals surface area contributed by atoms with E-state index in [9.17, 15) is 12.8 Å². The van der Waals surface area contributed by atoms with Gasteiger partial charge in [0.2, 0.25) is 10.0 Å². The smallest absolute Gasteiger partial charge is 0.240 e. The van der Waals surface area contributed by atoms with E-state index in [1.165, 1.54) is 31.4 Å². The van der Waals surface area contributed by atoms with Gasteiger partial charge in [-0.15, -0.1) is 0 Å². The summed E-state index contributed by atoms with van der Waals surface area (Å²) >= 11 is 0. The van der Waals surface area contributed by atoms with Crippen LogP contribution in [0.4, 0.5) is 10.1 Å². The second-order valence-corrected chi connectivity index (χ2v) is 8.15. The Morgan fingerprint density at radius 3 is 2.67 bits per heavy atom. The first-order chi connectivity index (χ1) is 9.87. The van der Waals surface area contributed by atoms with E-state index in [1.54, 1.807) is 0 Å². The number of nitrogens with two attached hydrogens (primary N) is 1. The van der Waals surface area contributed by atoms with Crippen LogP contribution in [0.25, 0.3) is 0 Å². The summed E-state index contributed by atoms with van der Waals surface area (Å²) in [5.74, 6) is 1.23. The third-order valence-corrected chi connectivity index (χ3v) is 6.61. The molecule has 0 spiro atoms. The topological polar surface area (TPSA) is 72.2 Å². The monoisotopic (exact) mass is 312 g/mol. The zero-order valence-electron chi connectivity index (χ0n) is 12.0. The lowest BCUT2D eigenvalue weighted by Gasteiger charge is -2.28. The molecule has 1 aromatic rings. The van der Waals surface area contributed by atoms with Crippen LogP contribution >= 0.6 is 0 Å². The minimum atomic E-state index is -3.65. The summed E-state index contributed by atoms with van der Waals surface area (Å²) in [6.45, 7) is 1.93. The highest BCUT2D eigenvalue weighted by Gasteiger charge is 2.42. The van der Waals surface area contributed by atoms with E-state index >= 15 is 0 Å². The van der Waals surface area contributed by atoms with Gasteiger partial charge in [0, 0.05) is 6.04 Å². The zero-order chi connectivity index (χ0) is 15.2. The van der Waals surface area contributed by atoms with E-state index in [4.69, 9.17) is 5.73 Å². The number of benzene rings is 1. The molecule has 4 unspecified atom stereocenters. The predicted octanol–water partition coefficient (Wildman–Crippen LogP) is 2.51. The maximum absolute atomic E-state index is 13.2. The van der Waals surface area contributed by atoms with Crippen LogP contribution < -0.4 is 10.5 Å². The van der Waals surface area contributed by atoms with E-state index in [-0.39, 0.29) is 16.6 Å². The number of fused-ring (bicyclic) bond motifs is 2. The van der Waals surface area contributed by atoms with Gasteiger partial charge in [-0.3, -0.25) is 0 Å². The summed E-state index contributed by atoms with van der Waals surface area (Å²) in [5.41, 5.74) is 5.30.